The van der Waals surface area contributed by atoms with Crippen LogP contribution >= 0.6 is 15.9 Å². The van der Waals surface area contributed by atoms with Gasteiger partial charge in [-0.2, -0.15) is 13.2 Å². The first-order chi connectivity index (χ1) is 14.3. The Bertz CT molecular complexity index is 1170. The first kappa shape index (κ1) is 20.5. The predicted molar refractivity (Wildman–Crippen MR) is 106 cm³/mol. The van der Waals surface area contributed by atoms with Crippen LogP contribution in [0.5, 0.6) is 0 Å². The molecule has 0 radical (unpaired) electrons. The van der Waals surface area contributed by atoms with Crippen molar-refractivity contribution in [1.82, 2.24) is 14.3 Å². The number of benzene rings is 1. The van der Waals surface area contributed by atoms with E-state index in [1.165, 1.54) is 6.20 Å². The van der Waals surface area contributed by atoms with E-state index in [0.29, 0.717) is 43.0 Å². The number of nitrogens with zero attached hydrogens (tertiary/aromatic N) is 3. The van der Waals surface area contributed by atoms with Crippen molar-refractivity contribution in [3.05, 3.63) is 68.7 Å². The summed E-state index contributed by atoms with van der Waals surface area (Å²) < 4.78 is 45.6. The number of halogens is 4. The summed E-state index contributed by atoms with van der Waals surface area (Å²) in [6.45, 7) is 1.98. The minimum absolute atomic E-state index is 0.120. The molecule has 1 aliphatic rings. The molecule has 0 bridgehead atoms. The average molecular weight is 482 g/mol. The Balaban J connectivity index is 1.77. The summed E-state index contributed by atoms with van der Waals surface area (Å²) in [5.74, 6) is -0.139. The number of amides is 1. The van der Waals surface area contributed by atoms with Gasteiger partial charge in [-0.05, 0) is 45.8 Å². The highest BCUT2D eigenvalue weighted by molar-refractivity contribution is 9.10. The number of aromatic nitrogens is 2. The SMILES string of the molecule is O=C(c1ccc(-c2cccn3c(=O)c(Br)c(C(F)(F)F)nc23)cc1)N1CCOCC1. The van der Waals surface area contributed by atoms with Crippen molar-refractivity contribution < 1.29 is 22.7 Å². The van der Waals surface area contributed by atoms with Crippen LogP contribution in [0.1, 0.15) is 16.1 Å². The summed E-state index contributed by atoms with van der Waals surface area (Å²) in [5, 5.41) is 0. The summed E-state index contributed by atoms with van der Waals surface area (Å²) in [5.41, 5.74) is -0.908. The van der Waals surface area contributed by atoms with Gasteiger partial charge in [-0.25, -0.2) is 4.98 Å². The summed E-state index contributed by atoms with van der Waals surface area (Å²) in [6, 6.07) is 9.61. The van der Waals surface area contributed by atoms with E-state index < -0.39 is 21.9 Å². The molecule has 1 aromatic carbocycles. The third kappa shape index (κ3) is 3.72. The highest BCUT2D eigenvalue weighted by Gasteiger charge is 2.37. The monoisotopic (exact) mass is 481 g/mol. The van der Waals surface area contributed by atoms with Crippen molar-refractivity contribution in [2.75, 3.05) is 26.3 Å². The quantitative estimate of drug-likeness (QED) is 0.560. The minimum atomic E-state index is -4.78. The molecule has 0 N–H and O–H groups in total. The lowest BCUT2D eigenvalue weighted by molar-refractivity contribution is -0.141. The molecule has 1 saturated heterocycles. The maximum absolute atomic E-state index is 13.3. The molecular formula is C20H15BrF3N3O3. The second kappa shape index (κ2) is 7.84. The second-order valence-corrected chi connectivity index (χ2v) is 7.47. The topological polar surface area (TPSA) is 63.9 Å². The van der Waals surface area contributed by atoms with Crippen LogP contribution < -0.4 is 5.56 Å². The number of alkyl halides is 3. The Kier molecular flexibility index (Phi) is 5.37. The molecule has 1 aliphatic heterocycles. The molecule has 156 valence electrons. The van der Waals surface area contributed by atoms with Gasteiger partial charge in [0.15, 0.2) is 5.69 Å². The summed E-state index contributed by atoms with van der Waals surface area (Å²) in [6.07, 6.45) is -3.43. The Morgan fingerprint density at radius 2 is 1.77 bits per heavy atom. The highest BCUT2D eigenvalue weighted by atomic mass is 79.9. The zero-order chi connectivity index (χ0) is 21.5. The summed E-state index contributed by atoms with van der Waals surface area (Å²) >= 11 is 2.71. The molecular weight excluding hydrogens is 467 g/mol. The summed E-state index contributed by atoms with van der Waals surface area (Å²) in [7, 11) is 0. The van der Waals surface area contributed by atoms with Crippen LogP contribution in [0.4, 0.5) is 13.2 Å². The van der Waals surface area contributed by atoms with E-state index in [1.807, 2.05) is 0 Å². The maximum atomic E-state index is 13.3. The van der Waals surface area contributed by atoms with E-state index in [0.717, 1.165) is 4.40 Å². The second-order valence-electron chi connectivity index (χ2n) is 6.67. The average Bonchev–Trinajstić information content (AvgIpc) is 2.75. The first-order valence-corrected chi connectivity index (χ1v) is 9.82. The molecule has 30 heavy (non-hydrogen) atoms. The fourth-order valence-corrected chi connectivity index (χ4v) is 3.80. The molecule has 0 spiro atoms. The summed E-state index contributed by atoms with van der Waals surface area (Å²) in [4.78, 5) is 30.4. The number of morpholine rings is 1. The van der Waals surface area contributed by atoms with E-state index in [4.69, 9.17) is 4.74 Å². The van der Waals surface area contributed by atoms with Crippen molar-refractivity contribution in [3.8, 4) is 11.1 Å². The van der Waals surface area contributed by atoms with Crippen LogP contribution in [-0.2, 0) is 10.9 Å². The lowest BCUT2D eigenvalue weighted by Gasteiger charge is -2.26. The zero-order valence-corrected chi connectivity index (χ0v) is 17.0. The number of hydrogen-bond acceptors (Lipinski definition) is 4. The van der Waals surface area contributed by atoms with Crippen molar-refractivity contribution in [2.45, 2.75) is 6.18 Å². The Labute approximate surface area is 177 Å². The molecule has 0 aliphatic carbocycles. The van der Waals surface area contributed by atoms with Crippen molar-refractivity contribution in [2.24, 2.45) is 0 Å². The lowest BCUT2D eigenvalue weighted by Crippen LogP contribution is -2.40. The van der Waals surface area contributed by atoms with Crippen LogP contribution in [-0.4, -0.2) is 46.5 Å². The van der Waals surface area contributed by atoms with E-state index >= 15 is 0 Å². The Morgan fingerprint density at radius 3 is 2.40 bits per heavy atom. The third-order valence-electron chi connectivity index (χ3n) is 4.81. The predicted octanol–water partition coefficient (Wildman–Crippen LogP) is 3.62. The molecule has 0 atom stereocenters. The van der Waals surface area contributed by atoms with Gasteiger partial charge in [-0.1, -0.05) is 12.1 Å². The largest absolute Gasteiger partial charge is 0.434 e. The Hall–Kier alpha value is -2.72. The molecule has 10 heteroatoms. The number of pyridine rings is 1. The van der Waals surface area contributed by atoms with Crippen molar-refractivity contribution in [1.29, 1.82) is 0 Å². The molecule has 3 heterocycles. The molecule has 1 fully saturated rings. The zero-order valence-electron chi connectivity index (χ0n) is 15.4. The van der Waals surface area contributed by atoms with Crippen LogP contribution in [0.3, 0.4) is 0 Å². The van der Waals surface area contributed by atoms with Crippen LogP contribution in [0.15, 0.2) is 51.9 Å². The number of hydrogen-bond donors (Lipinski definition) is 0. The molecule has 0 saturated carbocycles. The molecule has 6 nitrogen and oxygen atoms in total. The van der Waals surface area contributed by atoms with Gasteiger partial charge >= 0.3 is 6.18 Å². The van der Waals surface area contributed by atoms with Gasteiger partial charge < -0.3 is 9.64 Å². The van der Waals surface area contributed by atoms with E-state index in [-0.39, 0.29) is 11.6 Å². The number of rotatable bonds is 2. The number of carbonyl (C=O) groups is 1. The Morgan fingerprint density at radius 1 is 1.10 bits per heavy atom. The van der Waals surface area contributed by atoms with E-state index in [1.54, 1.807) is 41.3 Å². The van der Waals surface area contributed by atoms with Gasteiger partial charge in [0.1, 0.15) is 10.1 Å². The molecule has 2 aromatic heterocycles. The maximum Gasteiger partial charge on any atom is 0.434 e. The standard InChI is InChI=1S/C20H15BrF3N3O3/c21-15-16(20(22,23)24)25-17-14(2-1-7-27(17)19(15)29)12-3-5-13(6-4-12)18(28)26-8-10-30-11-9-26/h1-7H,8-11H2. The van der Waals surface area contributed by atoms with Crippen LogP contribution in [0.2, 0.25) is 0 Å². The number of ether oxygens (including phenoxy) is 1. The fraction of sp³-hybridized carbons (Fsp3) is 0.250. The molecule has 3 aromatic rings. The molecule has 1 amide bonds. The van der Waals surface area contributed by atoms with Gasteiger partial charge in [0.2, 0.25) is 0 Å². The highest BCUT2D eigenvalue weighted by Crippen LogP contribution is 2.33. The number of carbonyl (C=O) groups excluding carboxylic acids is 1. The van der Waals surface area contributed by atoms with Gasteiger partial charge in [-0.3, -0.25) is 14.0 Å². The van der Waals surface area contributed by atoms with Crippen LogP contribution in [0, 0.1) is 0 Å². The molecule has 4 rings (SSSR count). The van der Waals surface area contributed by atoms with Gasteiger partial charge in [-0.15, -0.1) is 0 Å². The minimum Gasteiger partial charge on any atom is -0.378 e. The normalized spacial score (nSPS) is 14.9. The lowest BCUT2D eigenvalue weighted by atomic mass is 10.0. The smallest absolute Gasteiger partial charge is 0.378 e. The van der Waals surface area contributed by atoms with Crippen molar-refractivity contribution in [3.63, 3.8) is 0 Å². The van der Waals surface area contributed by atoms with Crippen molar-refractivity contribution >= 4 is 27.5 Å². The van der Waals surface area contributed by atoms with Gasteiger partial charge in [0.25, 0.3) is 11.5 Å². The van der Waals surface area contributed by atoms with E-state index in [2.05, 4.69) is 20.9 Å². The van der Waals surface area contributed by atoms with E-state index in [9.17, 15) is 22.8 Å². The fourth-order valence-electron chi connectivity index (χ4n) is 3.29. The third-order valence-corrected chi connectivity index (χ3v) is 5.52. The number of fused-ring (bicyclic) bond motifs is 1. The van der Waals surface area contributed by atoms with Crippen LogP contribution in [0.25, 0.3) is 16.8 Å². The molecule has 0 unspecified atom stereocenters. The first-order valence-electron chi connectivity index (χ1n) is 9.03. The van der Waals surface area contributed by atoms with Gasteiger partial charge in [0.05, 0.1) is 13.2 Å². The van der Waals surface area contributed by atoms with Gasteiger partial charge in [0, 0.05) is 30.4 Å².